The quantitative estimate of drug-likeness (QED) is 0.487. The fourth-order valence-corrected chi connectivity index (χ4v) is 11.1. The van der Waals surface area contributed by atoms with E-state index in [0.717, 1.165) is 11.5 Å². The molecule has 0 saturated carbocycles. The minimum absolute atomic E-state index is 0.201. The van der Waals surface area contributed by atoms with Crippen LogP contribution >= 0.6 is 15.8 Å². The topological polar surface area (TPSA) is 18.5 Å². The van der Waals surface area contributed by atoms with Crippen molar-refractivity contribution in [1.82, 2.24) is 0 Å². The van der Waals surface area contributed by atoms with Crippen molar-refractivity contribution in [1.29, 1.82) is 0 Å². The van der Waals surface area contributed by atoms with Crippen LogP contribution in [0.3, 0.4) is 0 Å². The second-order valence-corrected chi connectivity index (χ2v) is 16.3. The fraction of sp³-hybridized carbons (Fsp3) is 0.500. The Bertz CT molecular complexity index is 832. The zero-order valence-electron chi connectivity index (χ0n) is 18.3. The van der Waals surface area contributed by atoms with Crippen LogP contribution in [-0.2, 0) is 0 Å². The highest BCUT2D eigenvalue weighted by Crippen LogP contribution is 2.62. The number of hydrogen-bond donors (Lipinski definition) is 0. The number of rotatable bonds is 1. The highest BCUT2D eigenvalue weighted by Gasteiger charge is 2.44. The number of fused-ring (bicyclic) bond motifs is 2. The van der Waals surface area contributed by atoms with Gasteiger partial charge in [0, 0.05) is 10.6 Å². The monoisotopic (exact) mass is 414 g/mol. The van der Waals surface area contributed by atoms with Crippen molar-refractivity contribution in [3.8, 4) is 22.6 Å². The van der Waals surface area contributed by atoms with Gasteiger partial charge >= 0.3 is 0 Å². The van der Waals surface area contributed by atoms with Gasteiger partial charge in [-0.2, -0.15) is 0 Å². The van der Waals surface area contributed by atoms with Crippen molar-refractivity contribution in [2.45, 2.75) is 77.4 Å². The van der Waals surface area contributed by atoms with Gasteiger partial charge in [-0.3, -0.25) is 0 Å². The second-order valence-electron chi connectivity index (χ2n) is 9.82. The minimum atomic E-state index is -0.424. The molecule has 2 aromatic rings. The summed E-state index contributed by atoms with van der Waals surface area (Å²) in [5, 5.41) is 3.28. The van der Waals surface area contributed by atoms with Gasteiger partial charge < -0.3 is 9.47 Å². The lowest BCUT2D eigenvalue weighted by Crippen LogP contribution is -2.25. The Morgan fingerprint density at radius 2 is 1.00 bits per heavy atom. The molecule has 0 radical (unpaired) electrons. The van der Waals surface area contributed by atoms with Crippen LogP contribution in [0.2, 0.25) is 0 Å². The maximum atomic E-state index is 6.35. The molecule has 2 aliphatic heterocycles. The van der Waals surface area contributed by atoms with Gasteiger partial charge in [-0.1, -0.05) is 65.8 Å². The van der Waals surface area contributed by atoms with Crippen molar-refractivity contribution in [3.05, 3.63) is 36.4 Å². The van der Waals surface area contributed by atoms with Crippen LogP contribution in [0.5, 0.6) is 11.5 Å². The summed E-state index contributed by atoms with van der Waals surface area (Å²) in [5.41, 5.74) is 2.71. The standard InChI is InChI=1S/C24H32O2P2/c1-15-25-19-13-9-11-17(21(19)27(15)23(3,4)5)18-12-10-14-20-22(18)28(16(2)26-20)24(6,7)8/h9-16H,1-8H3/t15?,16?,27-,28-/m1/s1. The second kappa shape index (κ2) is 6.72. The average Bonchev–Trinajstić information content (AvgIpc) is 3.08. The van der Waals surface area contributed by atoms with E-state index in [0.29, 0.717) is 0 Å². The zero-order chi connectivity index (χ0) is 20.4. The van der Waals surface area contributed by atoms with E-state index in [9.17, 15) is 0 Å². The summed E-state index contributed by atoms with van der Waals surface area (Å²) in [6, 6.07) is 13.2. The zero-order valence-corrected chi connectivity index (χ0v) is 20.1. The van der Waals surface area contributed by atoms with E-state index >= 15 is 0 Å². The van der Waals surface area contributed by atoms with Crippen molar-refractivity contribution < 1.29 is 9.47 Å². The van der Waals surface area contributed by atoms with Crippen molar-refractivity contribution in [2.24, 2.45) is 0 Å². The normalized spacial score (nSPS) is 26.4. The summed E-state index contributed by atoms with van der Waals surface area (Å²) >= 11 is 0. The molecule has 0 saturated heterocycles. The van der Waals surface area contributed by atoms with Gasteiger partial charge in [-0.05, 0) is 63.3 Å². The predicted octanol–water partition coefficient (Wildman–Crippen LogP) is 6.64. The van der Waals surface area contributed by atoms with Crippen molar-refractivity contribution in [3.63, 3.8) is 0 Å². The summed E-state index contributed by atoms with van der Waals surface area (Å²) in [4.78, 5) is 0. The molecular weight excluding hydrogens is 382 g/mol. The van der Waals surface area contributed by atoms with Gasteiger partial charge in [0.05, 0.1) is 0 Å². The average molecular weight is 414 g/mol. The van der Waals surface area contributed by atoms with Crippen molar-refractivity contribution in [2.75, 3.05) is 0 Å². The first-order valence-electron chi connectivity index (χ1n) is 10.2. The van der Waals surface area contributed by atoms with Gasteiger partial charge in [0.25, 0.3) is 0 Å². The molecule has 2 heterocycles. The van der Waals surface area contributed by atoms with Crippen LogP contribution in [0.25, 0.3) is 11.1 Å². The van der Waals surface area contributed by atoms with Crippen LogP contribution in [0.15, 0.2) is 36.4 Å². The Labute approximate surface area is 172 Å². The van der Waals surface area contributed by atoms with Gasteiger partial charge in [0.2, 0.25) is 0 Å². The maximum absolute atomic E-state index is 6.35. The lowest BCUT2D eigenvalue weighted by atomic mass is 10.0. The van der Waals surface area contributed by atoms with Crippen molar-refractivity contribution >= 4 is 26.5 Å². The third kappa shape index (κ3) is 3.18. The molecule has 0 bridgehead atoms. The van der Waals surface area contributed by atoms with E-state index < -0.39 is 15.8 Å². The molecule has 28 heavy (non-hydrogen) atoms. The molecule has 150 valence electrons. The molecule has 0 N–H and O–H groups in total. The Morgan fingerprint density at radius 3 is 1.32 bits per heavy atom. The third-order valence-corrected chi connectivity index (χ3v) is 12.0. The van der Waals surface area contributed by atoms with Crippen LogP contribution in [-0.4, -0.2) is 22.0 Å². The molecule has 0 fully saturated rings. The molecular formula is C24H32O2P2. The van der Waals surface area contributed by atoms with E-state index in [1.165, 1.54) is 21.7 Å². The van der Waals surface area contributed by atoms with Gasteiger partial charge in [-0.15, -0.1) is 0 Å². The lowest BCUT2D eigenvalue weighted by Gasteiger charge is -2.33. The molecule has 2 unspecified atom stereocenters. The molecule has 0 amide bonds. The van der Waals surface area contributed by atoms with Crippen LogP contribution in [0.4, 0.5) is 0 Å². The van der Waals surface area contributed by atoms with E-state index in [2.05, 4.69) is 91.8 Å². The van der Waals surface area contributed by atoms with Gasteiger partial charge in [0.15, 0.2) is 0 Å². The molecule has 4 rings (SSSR count). The Morgan fingerprint density at radius 1 is 0.643 bits per heavy atom. The smallest absolute Gasteiger partial charge is 0.128 e. The number of benzene rings is 2. The Kier molecular flexibility index (Phi) is 4.84. The molecule has 0 aliphatic carbocycles. The number of ether oxygens (including phenoxy) is 2. The Hall–Kier alpha value is -1.10. The van der Waals surface area contributed by atoms with Gasteiger partial charge in [-0.25, -0.2) is 0 Å². The molecule has 4 heteroatoms. The molecule has 2 aromatic carbocycles. The van der Waals surface area contributed by atoms with Gasteiger partial charge in [0.1, 0.15) is 23.2 Å². The summed E-state index contributed by atoms with van der Waals surface area (Å²) < 4.78 is 12.7. The number of hydrogen-bond acceptors (Lipinski definition) is 2. The summed E-state index contributed by atoms with van der Waals surface area (Å²) in [6.07, 6.45) is 0. The van der Waals surface area contributed by atoms with E-state index in [1.807, 2.05) is 0 Å². The molecule has 0 aromatic heterocycles. The summed E-state index contributed by atoms with van der Waals surface area (Å²) in [7, 11) is -0.847. The van der Waals surface area contributed by atoms with Crippen LogP contribution < -0.4 is 20.1 Å². The predicted molar refractivity (Wildman–Crippen MR) is 125 cm³/mol. The van der Waals surface area contributed by atoms with E-state index in [1.54, 1.807) is 0 Å². The molecule has 4 atom stereocenters. The fourth-order valence-electron chi connectivity index (χ4n) is 4.76. The molecule has 2 nitrogen and oxygen atoms in total. The largest absolute Gasteiger partial charge is 0.485 e. The highest BCUT2D eigenvalue weighted by atomic mass is 31.1. The van der Waals surface area contributed by atoms with E-state index in [4.69, 9.17) is 9.47 Å². The first-order chi connectivity index (χ1) is 13.0. The van der Waals surface area contributed by atoms with Crippen LogP contribution in [0.1, 0.15) is 55.4 Å². The molecule has 2 aliphatic rings. The highest BCUT2D eigenvalue weighted by molar-refractivity contribution is 7.69. The first kappa shape index (κ1) is 20.2. The lowest BCUT2D eigenvalue weighted by molar-refractivity contribution is 0.312. The Balaban J connectivity index is 1.96. The maximum Gasteiger partial charge on any atom is 0.128 e. The minimum Gasteiger partial charge on any atom is -0.485 e. The first-order valence-corrected chi connectivity index (χ1v) is 13.0. The van der Waals surface area contributed by atoms with Crippen LogP contribution in [0, 0.1) is 0 Å². The third-order valence-electron chi connectivity index (χ3n) is 5.54. The summed E-state index contributed by atoms with van der Waals surface area (Å²) in [5.74, 6) is 2.66. The molecule has 0 spiro atoms. The summed E-state index contributed by atoms with van der Waals surface area (Å²) in [6.45, 7) is 18.6. The van der Waals surface area contributed by atoms with E-state index in [-0.39, 0.29) is 22.0 Å². The SMILES string of the molecule is CC1Oc2cccc(-c3cccc4c3[P@](C(C)(C)C)C(C)O4)c2[P@]1C(C)(C)C.